The van der Waals surface area contributed by atoms with Gasteiger partial charge in [-0.15, -0.1) is 0 Å². The fraction of sp³-hybridized carbons (Fsp3) is 0.304. The number of nitrogens with one attached hydrogen (secondary N) is 1. The van der Waals surface area contributed by atoms with Gasteiger partial charge in [-0.25, -0.2) is 9.37 Å². The Balaban J connectivity index is 1.22. The van der Waals surface area contributed by atoms with Crippen molar-refractivity contribution in [1.82, 2.24) is 15.3 Å². The van der Waals surface area contributed by atoms with E-state index < -0.39 is 5.60 Å². The zero-order chi connectivity index (χ0) is 20.8. The molecule has 1 aliphatic heterocycles. The van der Waals surface area contributed by atoms with E-state index in [0.717, 1.165) is 17.0 Å². The topological polar surface area (TPSA) is 70.5 Å². The highest BCUT2D eigenvalue weighted by molar-refractivity contribution is 5.40. The van der Waals surface area contributed by atoms with Crippen LogP contribution >= 0.6 is 0 Å². The van der Waals surface area contributed by atoms with E-state index in [0.29, 0.717) is 45.0 Å². The van der Waals surface area contributed by atoms with Gasteiger partial charge in [0.15, 0.2) is 0 Å². The number of aliphatic hydroxyl groups is 1. The number of nitrogens with zero attached hydrogens (tertiary/aromatic N) is 3. The number of anilines is 1. The SMILES string of the molecule is O[C@@]1(CNCc2ccc(OCc3ccccn3)cc2)CCN(c2ccc(F)cn2)C1. The summed E-state index contributed by atoms with van der Waals surface area (Å²) < 4.78 is 18.8. The summed E-state index contributed by atoms with van der Waals surface area (Å²) in [5.74, 6) is 1.12. The summed E-state index contributed by atoms with van der Waals surface area (Å²) in [6.45, 7) is 2.73. The smallest absolute Gasteiger partial charge is 0.141 e. The number of hydrogen-bond acceptors (Lipinski definition) is 6. The molecule has 30 heavy (non-hydrogen) atoms. The van der Waals surface area contributed by atoms with Crippen LogP contribution in [0.2, 0.25) is 0 Å². The Labute approximate surface area is 175 Å². The van der Waals surface area contributed by atoms with Crippen LogP contribution in [0.25, 0.3) is 0 Å². The third-order valence-corrected chi connectivity index (χ3v) is 5.19. The van der Waals surface area contributed by atoms with Gasteiger partial charge < -0.3 is 20.1 Å². The molecule has 4 rings (SSSR count). The number of halogens is 1. The standard InChI is InChI=1S/C23H25FN4O2/c24-19-6-9-22(27-14-19)28-12-10-23(29,17-28)16-25-13-18-4-7-21(8-5-18)30-15-20-3-1-2-11-26-20/h1-9,11,14,25,29H,10,12-13,15-17H2/t23-/m1/s1. The van der Waals surface area contributed by atoms with E-state index >= 15 is 0 Å². The quantitative estimate of drug-likeness (QED) is 0.597. The Bertz CT molecular complexity index is 938. The lowest BCUT2D eigenvalue weighted by molar-refractivity contribution is 0.0626. The van der Waals surface area contributed by atoms with Crippen molar-refractivity contribution in [2.24, 2.45) is 0 Å². The Kier molecular flexibility index (Phi) is 6.21. The first-order valence-corrected chi connectivity index (χ1v) is 10.0. The fourth-order valence-corrected chi connectivity index (χ4v) is 3.54. The number of aromatic nitrogens is 2. The summed E-state index contributed by atoms with van der Waals surface area (Å²) in [7, 11) is 0. The fourth-order valence-electron chi connectivity index (χ4n) is 3.54. The lowest BCUT2D eigenvalue weighted by Crippen LogP contribution is -2.43. The van der Waals surface area contributed by atoms with E-state index in [9.17, 15) is 9.50 Å². The van der Waals surface area contributed by atoms with Crippen LogP contribution in [0.1, 0.15) is 17.7 Å². The van der Waals surface area contributed by atoms with Crippen LogP contribution in [0.4, 0.5) is 10.2 Å². The maximum absolute atomic E-state index is 13.0. The van der Waals surface area contributed by atoms with Crippen LogP contribution in [0.5, 0.6) is 5.75 Å². The van der Waals surface area contributed by atoms with Crippen molar-refractivity contribution in [1.29, 1.82) is 0 Å². The third kappa shape index (κ3) is 5.31. The van der Waals surface area contributed by atoms with Crippen LogP contribution < -0.4 is 15.0 Å². The molecule has 0 saturated carbocycles. The van der Waals surface area contributed by atoms with Crippen molar-refractivity contribution in [3.05, 3.63) is 84.1 Å². The molecule has 2 aromatic heterocycles. The molecule has 156 valence electrons. The average molecular weight is 408 g/mol. The van der Waals surface area contributed by atoms with E-state index in [4.69, 9.17) is 4.74 Å². The maximum Gasteiger partial charge on any atom is 0.141 e. The zero-order valence-electron chi connectivity index (χ0n) is 16.7. The maximum atomic E-state index is 13.0. The van der Waals surface area contributed by atoms with Gasteiger partial charge in [0.1, 0.15) is 24.0 Å². The molecule has 6 nitrogen and oxygen atoms in total. The first-order chi connectivity index (χ1) is 14.6. The summed E-state index contributed by atoms with van der Waals surface area (Å²) >= 11 is 0. The normalized spacial score (nSPS) is 18.5. The van der Waals surface area contributed by atoms with E-state index in [2.05, 4.69) is 15.3 Å². The van der Waals surface area contributed by atoms with Crippen molar-refractivity contribution in [3.63, 3.8) is 0 Å². The van der Waals surface area contributed by atoms with Crippen LogP contribution in [0, 0.1) is 5.82 Å². The Morgan fingerprint density at radius 3 is 2.70 bits per heavy atom. The molecule has 0 radical (unpaired) electrons. The second-order valence-corrected chi connectivity index (χ2v) is 7.59. The summed E-state index contributed by atoms with van der Waals surface area (Å²) in [6.07, 6.45) is 3.59. The second-order valence-electron chi connectivity index (χ2n) is 7.59. The lowest BCUT2D eigenvalue weighted by atomic mass is 10.0. The summed E-state index contributed by atoms with van der Waals surface area (Å²) in [4.78, 5) is 10.3. The molecule has 1 atom stereocenters. The van der Waals surface area contributed by atoms with Gasteiger partial charge in [-0.3, -0.25) is 4.98 Å². The summed E-state index contributed by atoms with van der Waals surface area (Å²) in [5, 5.41) is 14.2. The highest BCUT2D eigenvalue weighted by atomic mass is 19.1. The molecule has 0 aliphatic carbocycles. The minimum atomic E-state index is -0.832. The molecular formula is C23H25FN4O2. The molecule has 1 fully saturated rings. The number of β-amino-alcohol motifs (C(OH)–C–C–N with tert-alkyl or cyclic N) is 1. The molecule has 7 heteroatoms. The van der Waals surface area contributed by atoms with Gasteiger partial charge in [-0.05, 0) is 48.4 Å². The van der Waals surface area contributed by atoms with E-state index in [-0.39, 0.29) is 5.82 Å². The molecule has 3 heterocycles. The number of hydrogen-bond donors (Lipinski definition) is 2. The van der Waals surface area contributed by atoms with Gasteiger partial charge in [0, 0.05) is 32.4 Å². The van der Waals surface area contributed by atoms with E-state index in [1.807, 2.05) is 47.4 Å². The van der Waals surface area contributed by atoms with Crippen molar-refractivity contribution in [3.8, 4) is 5.75 Å². The van der Waals surface area contributed by atoms with Crippen molar-refractivity contribution >= 4 is 5.82 Å². The van der Waals surface area contributed by atoms with Crippen molar-refractivity contribution < 1.29 is 14.2 Å². The molecule has 1 aromatic carbocycles. The molecular weight excluding hydrogens is 383 g/mol. The highest BCUT2D eigenvalue weighted by Crippen LogP contribution is 2.25. The van der Waals surface area contributed by atoms with Gasteiger partial charge >= 0.3 is 0 Å². The molecule has 2 N–H and O–H groups in total. The van der Waals surface area contributed by atoms with Gasteiger partial charge in [0.05, 0.1) is 17.5 Å². The molecule has 0 spiro atoms. The van der Waals surface area contributed by atoms with Gasteiger partial charge in [-0.1, -0.05) is 18.2 Å². The van der Waals surface area contributed by atoms with Crippen LogP contribution in [-0.4, -0.2) is 40.3 Å². The Hall–Kier alpha value is -3.03. The highest BCUT2D eigenvalue weighted by Gasteiger charge is 2.36. The zero-order valence-corrected chi connectivity index (χ0v) is 16.7. The van der Waals surface area contributed by atoms with E-state index in [1.165, 1.54) is 12.3 Å². The van der Waals surface area contributed by atoms with Crippen LogP contribution in [-0.2, 0) is 13.2 Å². The number of pyridine rings is 2. The molecule has 3 aromatic rings. The lowest BCUT2D eigenvalue weighted by Gasteiger charge is -2.24. The van der Waals surface area contributed by atoms with Gasteiger partial charge in [-0.2, -0.15) is 0 Å². The molecule has 0 bridgehead atoms. The van der Waals surface area contributed by atoms with Gasteiger partial charge in [0.2, 0.25) is 0 Å². The monoisotopic (exact) mass is 408 g/mol. The molecule has 0 unspecified atom stereocenters. The number of rotatable bonds is 8. The number of benzene rings is 1. The van der Waals surface area contributed by atoms with Crippen molar-refractivity contribution in [2.45, 2.75) is 25.2 Å². The summed E-state index contributed by atoms with van der Waals surface area (Å²) in [6, 6.07) is 16.7. The number of ether oxygens (including phenoxy) is 1. The Morgan fingerprint density at radius 1 is 1.10 bits per heavy atom. The van der Waals surface area contributed by atoms with E-state index in [1.54, 1.807) is 12.3 Å². The Morgan fingerprint density at radius 2 is 1.97 bits per heavy atom. The largest absolute Gasteiger partial charge is 0.487 e. The van der Waals surface area contributed by atoms with Gasteiger partial charge in [0.25, 0.3) is 0 Å². The first-order valence-electron chi connectivity index (χ1n) is 10.0. The minimum absolute atomic E-state index is 0.358. The van der Waals surface area contributed by atoms with Crippen LogP contribution in [0.3, 0.4) is 0 Å². The average Bonchev–Trinajstić information content (AvgIpc) is 3.16. The molecule has 1 saturated heterocycles. The predicted molar refractivity (Wildman–Crippen MR) is 113 cm³/mol. The third-order valence-electron chi connectivity index (χ3n) is 5.19. The predicted octanol–water partition coefficient (Wildman–Crippen LogP) is 2.93. The van der Waals surface area contributed by atoms with Crippen molar-refractivity contribution in [2.75, 3.05) is 24.5 Å². The summed E-state index contributed by atoms with van der Waals surface area (Å²) in [5.41, 5.74) is 1.17. The van der Waals surface area contributed by atoms with Crippen LogP contribution in [0.15, 0.2) is 67.0 Å². The second kappa shape index (κ2) is 9.19. The minimum Gasteiger partial charge on any atom is -0.487 e. The molecule has 1 aliphatic rings. The molecule has 0 amide bonds. The first kappa shape index (κ1) is 20.3.